The zero-order valence-corrected chi connectivity index (χ0v) is 21.9. The van der Waals surface area contributed by atoms with Gasteiger partial charge < -0.3 is 36.6 Å². The molecule has 1 amide bonds. The van der Waals surface area contributed by atoms with Gasteiger partial charge in [0.15, 0.2) is 17.5 Å². The van der Waals surface area contributed by atoms with E-state index in [1.54, 1.807) is 4.90 Å². The van der Waals surface area contributed by atoms with Gasteiger partial charge in [-0.3, -0.25) is 9.69 Å². The second kappa shape index (κ2) is 13.2. The van der Waals surface area contributed by atoms with Crippen LogP contribution in [0.25, 0.3) is 0 Å². The Labute approximate surface area is 229 Å². The zero-order chi connectivity index (χ0) is 28.8. The molecule has 2 aliphatic heterocycles. The number of nitrogens with two attached hydrogens (primary N) is 1. The lowest BCUT2D eigenvalue weighted by atomic mass is 9.85. The van der Waals surface area contributed by atoms with Crippen LogP contribution < -0.4 is 21.7 Å². The molecule has 40 heavy (non-hydrogen) atoms. The fourth-order valence-corrected chi connectivity index (χ4v) is 4.92. The van der Waals surface area contributed by atoms with Crippen molar-refractivity contribution in [2.24, 2.45) is 21.6 Å². The summed E-state index contributed by atoms with van der Waals surface area (Å²) in [5.41, 5.74) is 5.50. The average Bonchev–Trinajstić information content (AvgIpc) is 3.57. The van der Waals surface area contributed by atoms with Crippen molar-refractivity contribution in [2.75, 3.05) is 31.7 Å². The van der Waals surface area contributed by atoms with Crippen LogP contribution in [0, 0.1) is 23.4 Å². The van der Waals surface area contributed by atoms with E-state index in [2.05, 4.69) is 32.5 Å². The number of aliphatic imine (C=N–C) groups is 2. The number of carbonyl (C=O) groups excluding carboxylic acids is 1. The van der Waals surface area contributed by atoms with Gasteiger partial charge in [-0.15, -0.1) is 0 Å². The average molecular weight is 566 g/mol. The van der Waals surface area contributed by atoms with E-state index in [0.717, 1.165) is 0 Å². The first-order valence-electron chi connectivity index (χ1n) is 13.1. The summed E-state index contributed by atoms with van der Waals surface area (Å²) in [4.78, 5) is 23.0. The van der Waals surface area contributed by atoms with Crippen molar-refractivity contribution < 1.29 is 32.9 Å². The van der Waals surface area contributed by atoms with Crippen LogP contribution in [0.1, 0.15) is 32.1 Å². The Hall–Kier alpha value is -3.62. The van der Waals surface area contributed by atoms with Gasteiger partial charge in [-0.05, 0) is 32.1 Å². The van der Waals surface area contributed by atoms with E-state index in [9.17, 15) is 23.1 Å². The standard InChI is InChI=1S/C26H34F3N7O4/c1-14(32-17-4-2-15(3-5-17)25(39)31-11-19(38)12-37)33-24-22(10-30)34-26(36(24)18-6-7-40-13-18)35-23-20(28)8-16(27)9-21(23)29/h8-10,15,17-19,32,37-38H,1-7,11-13,30H2,(H,31,39)(H,34,35)/b22-10+,33-24+/t15-,17-,18-,19-/m0/s1. The van der Waals surface area contributed by atoms with Gasteiger partial charge in [0.05, 0.1) is 25.4 Å². The molecule has 1 aromatic carbocycles. The molecule has 0 aromatic heterocycles. The van der Waals surface area contributed by atoms with E-state index in [1.807, 2.05) is 0 Å². The molecule has 1 saturated heterocycles. The summed E-state index contributed by atoms with van der Waals surface area (Å²) in [5.74, 6) is -2.97. The van der Waals surface area contributed by atoms with Crippen LogP contribution in [0.5, 0.6) is 0 Å². The summed E-state index contributed by atoms with van der Waals surface area (Å²) in [6.45, 7) is 4.38. The van der Waals surface area contributed by atoms with Crippen LogP contribution in [0.15, 0.2) is 46.4 Å². The minimum absolute atomic E-state index is 0.000161. The third-order valence-electron chi connectivity index (χ3n) is 7.02. The second-order valence-corrected chi connectivity index (χ2v) is 9.90. The second-order valence-electron chi connectivity index (χ2n) is 9.90. The number of amides is 1. The summed E-state index contributed by atoms with van der Waals surface area (Å²) < 4.78 is 47.8. The van der Waals surface area contributed by atoms with Gasteiger partial charge in [-0.1, -0.05) is 6.58 Å². The molecule has 1 aromatic rings. The Morgan fingerprint density at radius 2 is 1.95 bits per heavy atom. The molecule has 1 aliphatic carbocycles. The molecule has 218 valence electrons. The normalized spacial score (nSPS) is 25.7. The Balaban J connectivity index is 1.44. The maximum atomic E-state index is 14.4. The van der Waals surface area contributed by atoms with Gasteiger partial charge in [-0.25, -0.2) is 23.2 Å². The molecule has 2 atom stereocenters. The molecular formula is C26H34F3N7O4. The number of anilines is 1. The minimum Gasteiger partial charge on any atom is -0.403 e. The number of nitrogens with zero attached hydrogens (tertiary/aromatic N) is 3. The number of amidine groups is 1. The Kier molecular flexibility index (Phi) is 9.66. The highest BCUT2D eigenvalue weighted by Gasteiger charge is 2.37. The maximum Gasteiger partial charge on any atom is 0.223 e. The molecule has 0 spiro atoms. The van der Waals surface area contributed by atoms with Crippen LogP contribution in [0.3, 0.4) is 0 Å². The lowest BCUT2D eigenvalue weighted by molar-refractivity contribution is -0.126. The highest BCUT2D eigenvalue weighted by molar-refractivity contribution is 6.18. The van der Waals surface area contributed by atoms with Crippen LogP contribution in [0.4, 0.5) is 18.9 Å². The van der Waals surface area contributed by atoms with Crippen LogP contribution >= 0.6 is 0 Å². The van der Waals surface area contributed by atoms with Gasteiger partial charge in [-0.2, -0.15) is 0 Å². The Bertz CT molecular complexity index is 1170. The number of ether oxygens (including phenoxy) is 1. The van der Waals surface area contributed by atoms with Crippen LogP contribution in [-0.2, 0) is 9.53 Å². The number of guanidine groups is 1. The number of halogens is 3. The number of hydrogen-bond acceptors (Lipinski definition) is 9. The molecule has 2 heterocycles. The van der Waals surface area contributed by atoms with Crippen LogP contribution in [-0.4, -0.2) is 77.4 Å². The summed E-state index contributed by atoms with van der Waals surface area (Å²) in [7, 11) is 0. The molecular weight excluding hydrogens is 531 g/mol. The smallest absolute Gasteiger partial charge is 0.223 e. The lowest BCUT2D eigenvalue weighted by Gasteiger charge is -2.30. The number of benzene rings is 1. The third-order valence-corrected chi connectivity index (χ3v) is 7.02. The first-order chi connectivity index (χ1) is 19.2. The number of carbonyl (C=O) groups is 1. The Morgan fingerprint density at radius 1 is 1.25 bits per heavy atom. The molecule has 4 rings (SSSR count). The molecule has 11 nitrogen and oxygen atoms in total. The van der Waals surface area contributed by atoms with E-state index in [0.29, 0.717) is 69.1 Å². The third kappa shape index (κ3) is 6.92. The summed E-state index contributed by atoms with van der Waals surface area (Å²) >= 11 is 0. The minimum atomic E-state index is -1.12. The van der Waals surface area contributed by atoms with Gasteiger partial charge in [0.2, 0.25) is 11.9 Å². The quantitative estimate of drug-likeness (QED) is 0.261. The SMILES string of the molecule is C=C(/N=C1\C(=C/N)N=C(Nc2c(F)cc(F)cc2F)N1[C@H]1CCOC1)N[C@H]1CC[C@H](C(=O)NC[C@H](O)CO)CC1. The highest BCUT2D eigenvalue weighted by Crippen LogP contribution is 2.28. The van der Waals surface area contributed by atoms with Gasteiger partial charge in [0.1, 0.15) is 23.0 Å². The van der Waals surface area contributed by atoms with Crippen molar-refractivity contribution in [3.8, 4) is 0 Å². The summed E-state index contributed by atoms with van der Waals surface area (Å²) in [5, 5.41) is 26.9. The summed E-state index contributed by atoms with van der Waals surface area (Å²) in [6, 6.07) is 0.877. The predicted molar refractivity (Wildman–Crippen MR) is 142 cm³/mol. The van der Waals surface area contributed by atoms with E-state index in [1.165, 1.54) is 6.20 Å². The number of nitrogens with one attached hydrogen (secondary N) is 3. The first kappa shape index (κ1) is 29.4. The topological polar surface area (TPSA) is 157 Å². The van der Waals surface area contributed by atoms with Crippen molar-refractivity contribution in [1.82, 2.24) is 15.5 Å². The largest absolute Gasteiger partial charge is 0.403 e. The van der Waals surface area contributed by atoms with E-state index in [4.69, 9.17) is 15.6 Å². The fourth-order valence-electron chi connectivity index (χ4n) is 4.92. The molecule has 3 aliphatic rings. The fraction of sp³-hybridized carbons (Fsp3) is 0.500. The van der Waals surface area contributed by atoms with Gasteiger partial charge in [0, 0.05) is 43.4 Å². The number of hydrogen-bond donors (Lipinski definition) is 6. The maximum absolute atomic E-state index is 14.4. The molecule has 1 saturated carbocycles. The molecule has 0 radical (unpaired) electrons. The van der Waals surface area contributed by atoms with Crippen molar-refractivity contribution in [3.63, 3.8) is 0 Å². The van der Waals surface area contributed by atoms with Gasteiger partial charge >= 0.3 is 0 Å². The van der Waals surface area contributed by atoms with E-state index >= 15 is 0 Å². The molecule has 2 fully saturated rings. The Morgan fingerprint density at radius 3 is 2.55 bits per heavy atom. The number of aliphatic hydroxyl groups is 2. The van der Waals surface area contributed by atoms with Crippen molar-refractivity contribution in [2.45, 2.75) is 50.3 Å². The van der Waals surface area contributed by atoms with E-state index in [-0.39, 0.29) is 42.1 Å². The summed E-state index contributed by atoms with van der Waals surface area (Å²) in [6.07, 6.45) is 3.41. The first-order valence-corrected chi connectivity index (χ1v) is 13.1. The van der Waals surface area contributed by atoms with Crippen LogP contribution in [0.2, 0.25) is 0 Å². The predicted octanol–water partition coefficient (Wildman–Crippen LogP) is 1.26. The van der Waals surface area contributed by atoms with Crippen molar-refractivity contribution in [3.05, 3.63) is 53.9 Å². The van der Waals surface area contributed by atoms with Gasteiger partial charge in [0.25, 0.3) is 0 Å². The molecule has 0 bridgehead atoms. The monoisotopic (exact) mass is 565 g/mol. The molecule has 7 N–H and O–H groups in total. The van der Waals surface area contributed by atoms with Crippen molar-refractivity contribution in [1.29, 1.82) is 0 Å². The number of aliphatic hydroxyl groups excluding tert-OH is 2. The number of rotatable bonds is 9. The highest BCUT2D eigenvalue weighted by atomic mass is 19.1. The molecule has 14 heteroatoms. The molecule has 0 unspecified atom stereocenters. The van der Waals surface area contributed by atoms with E-state index < -0.39 is 35.8 Å². The lowest BCUT2D eigenvalue weighted by Crippen LogP contribution is -2.45. The zero-order valence-electron chi connectivity index (χ0n) is 21.9. The van der Waals surface area contributed by atoms with Crippen molar-refractivity contribution >= 4 is 23.4 Å².